The molecule has 0 spiro atoms. The van der Waals surface area contributed by atoms with Gasteiger partial charge in [-0.3, -0.25) is 4.90 Å². The predicted octanol–water partition coefficient (Wildman–Crippen LogP) is 2.62. The molecule has 0 amide bonds. The van der Waals surface area contributed by atoms with E-state index in [0.29, 0.717) is 0 Å². The van der Waals surface area contributed by atoms with Crippen molar-refractivity contribution < 1.29 is 4.42 Å². The lowest BCUT2D eigenvalue weighted by atomic mass is 10.1. The number of rotatable bonds is 8. The Labute approximate surface area is 98.6 Å². The first-order chi connectivity index (χ1) is 7.76. The molecule has 92 valence electrons. The van der Waals surface area contributed by atoms with E-state index in [9.17, 15) is 0 Å². The smallest absolute Gasteiger partial charge is 0.117 e. The van der Waals surface area contributed by atoms with Crippen molar-refractivity contribution in [2.24, 2.45) is 5.73 Å². The van der Waals surface area contributed by atoms with Gasteiger partial charge in [0.25, 0.3) is 0 Å². The molecule has 0 bridgehead atoms. The summed E-state index contributed by atoms with van der Waals surface area (Å²) in [6, 6.07) is 4.23. The largest absolute Gasteiger partial charge is 0.468 e. The van der Waals surface area contributed by atoms with E-state index in [1.807, 2.05) is 12.1 Å². The van der Waals surface area contributed by atoms with Crippen molar-refractivity contribution in [1.29, 1.82) is 0 Å². The first-order valence-electron chi connectivity index (χ1n) is 6.26. The maximum Gasteiger partial charge on any atom is 0.117 e. The zero-order valence-corrected chi connectivity index (χ0v) is 10.5. The predicted molar refractivity (Wildman–Crippen MR) is 67.2 cm³/mol. The maximum atomic E-state index is 6.09. The van der Waals surface area contributed by atoms with Gasteiger partial charge in [0.15, 0.2) is 0 Å². The van der Waals surface area contributed by atoms with Crippen LogP contribution in [0.15, 0.2) is 22.8 Å². The van der Waals surface area contributed by atoms with Crippen LogP contribution in [0.5, 0.6) is 0 Å². The van der Waals surface area contributed by atoms with Gasteiger partial charge in [-0.25, -0.2) is 0 Å². The van der Waals surface area contributed by atoms with Crippen LogP contribution in [0.1, 0.15) is 38.9 Å². The molecule has 0 saturated heterocycles. The zero-order chi connectivity index (χ0) is 11.8. The zero-order valence-electron chi connectivity index (χ0n) is 10.5. The molecule has 2 N–H and O–H groups in total. The molecule has 0 aromatic carbocycles. The van der Waals surface area contributed by atoms with Crippen molar-refractivity contribution in [3.63, 3.8) is 0 Å². The molecule has 1 aromatic rings. The molecule has 1 unspecified atom stereocenters. The van der Waals surface area contributed by atoms with Gasteiger partial charge in [0, 0.05) is 12.6 Å². The number of furan rings is 1. The summed E-state index contributed by atoms with van der Waals surface area (Å²) in [5.74, 6) is 1.02. The highest BCUT2D eigenvalue weighted by atomic mass is 16.3. The molecule has 16 heavy (non-hydrogen) atoms. The first-order valence-corrected chi connectivity index (χ1v) is 6.26. The molecule has 0 saturated carbocycles. The number of unbranched alkanes of at least 4 members (excludes halogenated alkanes) is 1. The normalized spacial score (nSPS) is 13.2. The summed E-state index contributed by atoms with van der Waals surface area (Å²) in [4.78, 5) is 2.33. The molecule has 0 radical (unpaired) electrons. The molecule has 0 aliphatic carbocycles. The highest BCUT2D eigenvalue weighted by Gasteiger charge is 2.10. The Morgan fingerprint density at radius 1 is 1.44 bits per heavy atom. The van der Waals surface area contributed by atoms with Crippen LogP contribution in [-0.2, 0) is 6.54 Å². The van der Waals surface area contributed by atoms with E-state index >= 15 is 0 Å². The van der Waals surface area contributed by atoms with E-state index in [2.05, 4.69) is 18.7 Å². The molecule has 0 fully saturated rings. The Morgan fingerprint density at radius 2 is 2.25 bits per heavy atom. The average molecular weight is 224 g/mol. The third kappa shape index (κ3) is 4.81. The van der Waals surface area contributed by atoms with E-state index in [1.54, 1.807) is 6.26 Å². The molecule has 1 aromatic heterocycles. The van der Waals surface area contributed by atoms with Gasteiger partial charge in [-0.15, -0.1) is 0 Å². The summed E-state index contributed by atoms with van der Waals surface area (Å²) >= 11 is 0. The molecule has 0 aliphatic rings. The monoisotopic (exact) mass is 224 g/mol. The topological polar surface area (TPSA) is 42.4 Å². The summed E-state index contributed by atoms with van der Waals surface area (Å²) in [5, 5.41) is 0. The van der Waals surface area contributed by atoms with Crippen molar-refractivity contribution in [1.82, 2.24) is 4.90 Å². The van der Waals surface area contributed by atoms with Crippen molar-refractivity contribution >= 4 is 0 Å². The molecule has 3 nitrogen and oxygen atoms in total. The lowest BCUT2D eigenvalue weighted by Crippen LogP contribution is -2.37. The van der Waals surface area contributed by atoms with E-state index in [1.165, 1.54) is 12.8 Å². The lowest BCUT2D eigenvalue weighted by Gasteiger charge is -2.23. The van der Waals surface area contributed by atoms with Crippen LogP contribution in [0.25, 0.3) is 0 Å². The minimum absolute atomic E-state index is 0.287. The van der Waals surface area contributed by atoms with Crippen LogP contribution in [0.2, 0.25) is 0 Å². The minimum atomic E-state index is 0.287. The van der Waals surface area contributed by atoms with Crippen LogP contribution >= 0.6 is 0 Å². The fraction of sp³-hybridized carbons (Fsp3) is 0.692. The van der Waals surface area contributed by atoms with Gasteiger partial charge in [0.2, 0.25) is 0 Å². The second kappa shape index (κ2) is 7.47. The summed E-state index contributed by atoms with van der Waals surface area (Å²) in [6.45, 7) is 7.20. The second-order valence-electron chi connectivity index (χ2n) is 4.31. The number of hydrogen-bond acceptors (Lipinski definition) is 3. The molecule has 1 atom stereocenters. The van der Waals surface area contributed by atoms with Crippen molar-refractivity contribution in [3.05, 3.63) is 24.2 Å². The van der Waals surface area contributed by atoms with Gasteiger partial charge in [-0.2, -0.15) is 0 Å². The Balaban J connectivity index is 2.31. The summed E-state index contributed by atoms with van der Waals surface area (Å²) in [6.07, 6.45) is 5.28. The van der Waals surface area contributed by atoms with E-state index in [4.69, 9.17) is 10.2 Å². The minimum Gasteiger partial charge on any atom is -0.468 e. The van der Waals surface area contributed by atoms with Gasteiger partial charge in [-0.1, -0.05) is 26.7 Å². The van der Waals surface area contributed by atoms with Crippen LogP contribution in [0.4, 0.5) is 0 Å². The quantitative estimate of drug-likeness (QED) is 0.738. The van der Waals surface area contributed by atoms with Crippen LogP contribution < -0.4 is 5.73 Å². The van der Waals surface area contributed by atoms with Crippen LogP contribution in [0.3, 0.4) is 0 Å². The third-order valence-corrected chi connectivity index (χ3v) is 2.83. The average Bonchev–Trinajstić information content (AvgIpc) is 2.78. The van der Waals surface area contributed by atoms with Gasteiger partial charge in [-0.05, 0) is 25.1 Å². The van der Waals surface area contributed by atoms with E-state index in [0.717, 1.165) is 31.8 Å². The molecular weight excluding hydrogens is 200 g/mol. The van der Waals surface area contributed by atoms with E-state index in [-0.39, 0.29) is 6.04 Å². The molecule has 0 aliphatic heterocycles. The van der Waals surface area contributed by atoms with Gasteiger partial charge >= 0.3 is 0 Å². The first kappa shape index (κ1) is 13.3. The van der Waals surface area contributed by atoms with E-state index < -0.39 is 0 Å². The Hall–Kier alpha value is -0.800. The van der Waals surface area contributed by atoms with Gasteiger partial charge in [0.1, 0.15) is 5.76 Å². The number of likely N-dealkylation sites (N-methyl/N-ethyl adjacent to an activating group) is 1. The van der Waals surface area contributed by atoms with Crippen LogP contribution in [-0.4, -0.2) is 24.0 Å². The number of nitrogens with two attached hydrogens (primary N) is 1. The second-order valence-corrected chi connectivity index (χ2v) is 4.31. The summed E-state index contributed by atoms with van der Waals surface area (Å²) < 4.78 is 5.35. The SMILES string of the molecule is CCCCC(N)CN(CC)Cc1ccco1. The number of nitrogens with zero attached hydrogens (tertiary/aromatic N) is 1. The fourth-order valence-corrected chi connectivity index (χ4v) is 1.82. The maximum absolute atomic E-state index is 6.09. The molecule has 1 rings (SSSR count). The van der Waals surface area contributed by atoms with Crippen molar-refractivity contribution in [3.8, 4) is 0 Å². The standard InChI is InChI=1S/C13H24N2O/c1-3-5-7-12(14)10-15(4-2)11-13-8-6-9-16-13/h6,8-9,12H,3-5,7,10-11,14H2,1-2H3. The summed E-state index contributed by atoms with van der Waals surface area (Å²) in [7, 11) is 0. The molecular formula is C13H24N2O. The molecule has 3 heteroatoms. The van der Waals surface area contributed by atoms with Gasteiger partial charge < -0.3 is 10.2 Å². The lowest BCUT2D eigenvalue weighted by molar-refractivity contribution is 0.236. The Kier molecular flexibility index (Phi) is 6.19. The van der Waals surface area contributed by atoms with Crippen molar-refractivity contribution in [2.45, 2.75) is 45.7 Å². The Bertz CT molecular complexity index is 259. The third-order valence-electron chi connectivity index (χ3n) is 2.83. The Morgan fingerprint density at radius 3 is 2.81 bits per heavy atom. The number of hydrogen-bond donors (Lipinski definition) is 1. The highest BCUT2D eigenvalue weighted by Crippen LogP contribution is 2.07. The highest BCUT2D eigenvalue weighted by molar-refractivity contribution is 4.97. The van der Waals surface area contributed by atoms with Crippen LogP contribution in [0, 0.1) is 0 Å². The van der Waals surface area contributed by atoms with Gasteiger partial charge in [0.05, 0.1) is 12.8 Å². The summed E-state index contributed by atoms with van der Waals surface area (Å²) in [5.41, 5.74) is 6.09. The fourth-order valence-electron chi connectivity index (χ4n) is 1.82. The molecule has 1 heterocycles. The van der Waals surface area contributed by atoms with Crippen molar-refractivity contribution in [2.75, 3.05) is 13.1 Å².